The minimum absolute atomic E-state index is 0.0495. The van der Waals surface area contributed by atoms with Crippen LogP contribution in [0, 0.1) is 0 Å². The van der Waals surface area contributed by atoms with Crippen molar-refractivity contribution in [1.82, 2.24) is 24.7 Å². The molecule has 162 valence electrons. The Morgan fingerprint density at radius 2 is 1.78 bits per heavy atom. The van der Waals surface area contributed by atoms with E-state index in [1.807, 2.05) is 30.3 Å². The van der Waals surface area contributed by atoms with Crippen molar-refractivity contribution in [3.63, 3.8) is 0 Å². The van der Waals surface area contributed by atoms with Gasteiger partial charge in [0.1, 0.15) is 11.3 Å². The molecule has 0 amide bonds. The van der Waals surface area contributed by atoms with Crippen molar-refractivity contribution in [3.05, 3.63) is 77.2 Å². The number of carbonyl (C=O) groups excluding carboxylic acids is 1. The molecule has 0 unspecified atom stereocenters. The quantitative estimate of drug-likeness (QED) is 0.446. The lowest BCUT2D eigenvalue weighted by Gasteiger charge is -2.11. The molecule has 2 N–H and O–H groups in total. The van der Waals surface area contributed by atoms with Crippen LogP contribution in [0.5, 0.6) is 0 Å². The summed E-state index contributed by atoms with van der Waals surface area (Å²) in [5.74, 6) is 0.108. The third-order valence-electron chi connectivity index (χ3n) is 4.49. The number of carbonyl (C=O) groups is 1. The first-order valence-corrected chi connectivity index (χ1v) is 10.0. The zero-order valence-electron chi connectivity index (χ0n) is 17.4. The normalized spacial score (nSPS) is 10.7. The van der Waals surface area contributed by atoms with Crippen LogP contribution >= 0.6 is 11.6 Å². The number of rotatable bonds is 6. The molecular weight excluding hydrogens is 430 g/mol. The van der Waals surface area contributed by atoms with E-state index >= 15 is 0 Å². The van der Waals surface area contributed by atoms with Gasteiger partial charge in [0.15, 0.2) is 12.4 Å². The second kappa shape index (κ2) is 9.03. The summed E-state index contributed by atoms with van der Waals surface area (Å²) in [5.41, 5.74) is 8.05. The van der Waals surface area contributed by atoms with E-state index < -0.39 is 5.97 Å². The predicted octanol–water partition coefficient (Wildman–Crippen LogP) is 3.38. The van der Waals surface area contributed by atoms with Crippen LogP contribution in [0.4, 0.5) is 11.9 Å². The largest absolute Gasteiger partial charge is 0.454 e. The van der Waals surface area contributed by atoms with Gasteiger partial charge in [0.05, 0.1) is 5.69 Å². The van der Waals surface area contributed by atoms with Crippen LogP contribution in [0.3, 0.4) is 0 Å². The fourth-order valence-electron chi connectivity index (χ4n) is 2.95. The number of esters is 1. The lowest BCUT2D eigenvalue weighted by molar-refractivity contribution is 0.0463. The van der Waals surface area contributed by atoms with E-state index in [0.717, 1.165) is 11.3 Å². The second-order valence-corrected chi connectivity index (χ2v) is 7.50. The van der Waals surface area contributed by atoms with Gasteiger partial charge in [-0.15, -0.1) is 0 Å². The lowest BCUT2D eigenvalue weighted by atomic mass is 10.1. The summed E-state index contributed by atoms with van der Waals surface area (Å²) in [7, 11) is 3.56. The van der Waals surface area contributed by atoms with E-state index in [1.165, 1.54) is 0 Å². The van der Waals surface area contributed by atoms with E-state index in [2.05, 4.69) is 20.1 Å². The zero-order chi connectivity index (χ0) is 22.7. The maximum Gasteiger partial charge on any atom is 0.342 e. The van der Waals surface area contributed by atoms with Crippen molar-refractivity contribution in [2.24, 2.45) is 0 Å². The van der Waals surface area contributed by atoms with Crippen molar-refractivity contribution in [3.8, 4) is 16.9 Å². The number of nitrogen functional groups attached to an aromatic ring is 1. The highest BCUT2D eigenvalue weighted by Crippen LogP contribution is 2.26. The maximum atomic E-state index is 13.0. The van der Waals surface area contributed by atoms with Crippen molar-refractivity contribution in [1.29, 1.82) is 0 Å². The van der Waals surface area contributed by atoms with E-state index in [9.17, 15) is 4.79 Å². The Morgan fingerprint density at radius 1 is 1.06 bits per heavy atom. The molecule has 2 heterocycles. The lowest BCUT2D eigenvalue weighted by Crippen LogP contribution is -2.17. The molecule has 0 bridgehead atoms. The zero-order valence-corrected chi connectivity index (χ0v) is 18.2. The fraction of sp³-hybridized carbons (Fsp3) is 0.136. The molecule has 0 aliphatic heterocycles. The minimum atomic E-state index is -0.567. The summed E-state index contributed by atoms with van der Waals surface area (Å²) in [6, 6.07) is 16.6. The van der Waals surface area contributed by atoms with Gasteiger partial charge in [-0.3, -0.25) is 0 Å². The molecule has 0 atom stereocenters. The molecule has 0 fully saturated rings. The summed E-state index contributed by atoms with van der Waals surface area (Å²) >= 11 is 6.02. The Balaban J connectivity index is 1.65. The number of benzene rings is 2. The van der Waals surface area contributed by atoms with E-state index in [-0.39, 0.29) is 18.4 Å². The summed E-state index contributed by atoms with van der Waals surface area (Å²) in [6.45, 7) is -0.164. The SMILES string of the molecule is CN(C)c1nc(N)nc(COC(=O)c2cn(-c3ccccc3)nc2-c2ccc(Cl)cc2)n1. The van der Waals surface area contributed by atoms with Gasteiger partial charge < -0.3 is 15.4 Å². The highest BCUT2D eigenvalue weighted by molar-refractivity contribution is 6.30. The average molecular weight is 450 g/mol. The third-order valence-corrected chi connectivity index (χ3v) is 4.74. The fourth-order valence-corrected chi connectivity index (χ4v) is 3.08. The molecule has 0 aliphatic rings. The number of nitrogens with two attached hydrogens (primary N) is 1. The smallest absolute Gasteiger partial charge is 0.342 e. The van der Waals surface area contributed by atoms with Crippen LogP contribution in [0.25, 0.3) is 16.9 Å². The van der Waals surface area contributed by atoms with Gasteiger partial charge in [0, 0.05) is 30.9 Å². The number of hydrogen-bond donors (Lipinski definition) is 1. The molecule has 0 spiro atoms. The number of para-hydroxylation sites is 1. The molecule has 0 saturated carbocycles. The van der Waals surface area contributed by atoms with E-state index in [4.69, 9.17) is 22.1 Å². The third kappa shape index (κ3) is 4.68. The van der Waals surface area contributed by atoms with Gasteiger partial charge in [-0.2, -0.15) is 20.1 Å². The van der Waals surface area contributed by atoms with Crippen LogP contribution in [0.1, 0.15) is 16.2 Å². The Morgan fingerprint density at radius 3 is 2.47 bits per heavy atom. The Bertz CT molecular complexity index is 1240. The van der Waals surface area contributed by atoms with Gasteiger partial charge in [-0.25, -0.2) is 9.48 Å². The number of halogens is 1. The van der Waals surface area contributed by atoms with Gasteiger partial charge in [0.2, 0.25) is 11.9 Å². The van der Waals surface area contributed by atoms with E-state index in [0.29, 0.717) is 22.2 Å². The summed E-state index contributed by atoms with van der Waals surface area (Å²) < 4.78 is 7.12. The van der Waals surface area contributed by atoms with Gasteiger partial charge in [-0.05, 0) is 24.3 Å². The first kappa shape index (κ1) is 21.3. The van der Waals surface area contributed by atoms with Crippen molar-refractivity contribution in [2.75, 3.05) is 24.7 Å². The molecule has 2 aromatic heterocycles. The van der Waals surface area contributed by atoms with Gasteiger partial charge in [0.25, 0.3) is 0 Å². The Kier molecular flexibility index (Phi) is 6.00. The molecule has 0 saturated heterocycles. The summed E-state index contributed by atoms with van der Waals surface area (Å²) in [4.78, 5) is 27.0. The minimum Gasteiger partial charge on any atom is -0.454 e. The van der Waals surface area contributed by atoms with Crippen LogP contribution in [-0.2, 0) is 11.3 Å². The molecule has 32 heavy (non-hydrogen) atoms. The maximum absolute atomic E-state index is 13.0. The van der Waals surface area contributed by atoms with E-state index in [1.54, 1.807) is 54.1 Å². The second-order valence-electron chi connectivity index (χ2n) is 7.06. The number of hydrogen-bond acceptors (Lipinski definition) is 8. The Labute approximate surface area is 189 Å². The van der Waals surface area contributed by atoms with Gasteiger partial charge >= 0.3 is 5.97 Å². The number of ether oxygens (including phenoxy) is 1. The molecule has 9 nitrogen and oxygen atoms in total. The number of nitrogens with zero attached hydrogens (tertiary/aromatic N) is 6. The first-order chi connectivity index (χ1) is 15.4. The van der Waals surface area contributed by atoms with Crippen LogP contribution < -0.4 is 10.6 Å². The topological polar surface area (TPSA) is 112 Å². The standard InChI is InChI=1S/C22H20ClN7O2/c1-29(2)22-26-18(25-21(24)27-22)13-32-20(31)17-12-30(16-6-4-3-5-7-16)28-19(17)14-8-10-15(23)11-9-14/h3-12H,13H2,1-2H3,(H2,24,25,26,27). The highest BCUT2D eigenvalue weighted by Gasteiger charge is 2.21. The van der Waals surface area contributed by atoms with Gasteiger partial charge in [-0.1, -0.05) is 41.9 Å². The predicted molar refractivity (Wildman–Crippen MR) is 122 cm³/mol. The van der Waals surface area contributed by atoms with Crippen molar-refractivity contribution in [2.45, 2.75) is 6.61 Å². The molecule has 10 heteroatoms. The summed E-state index contributed by atoms with van der Waals surface area (Å²) in [5, 5.41) is 5.20. The molecule has 0 aliphatic carbocycles. The molecule has 0 radical (unpaired) electrons. The highest BCUT2D eigenvalue weighted by atomic mass is 35.5. The number of aromatic nitrogens is 5. The van der Waals surface area contributed by atoms with Crippen molar-refractivity contribution >= 4 is 29.5 Å². The average Bonchev–Trinajstić information content (AvgIpc) is 3.24. The Hall–Kier alpha value is -3.98. The number of anilines is 2. The van der Waals surface area contributed by atoms with Crippen LogP contribution in [-0.4, -0.2) is 44.8 Å². The summed E-state index contributed by atoms with van der Waals surface area (Å²) in [6.07, 6.45) is 1.63. The van der Waals surface area contributed by atoms with Crippen LogP contribution in [0.15, 0.2) is 60.8 Å². The first-order valence-electron chi connectivity index (χ1n) is 9.66. The molecule has 4 aromatic rings. The van der Waals surface area contributed by atoms with Crippen molar-refractivity contribution < 1.29 is 9.53 Å². The molecule has 4 rings (SSSR count). The molecule has 2 aromatic carbocycles. The molecular formula is C22H20ClN7O2. The monoisotopic (exact) mass is 449 g/mol. The van der Waals surface area contributed by atoms with Crippen LogP contribution in [0.2, 0.25) is 5.02 Å².